The SMILES string of the molecule is CCCPc1nc(N)c2[nH]c(=O)n(Cc3ccc(Cl)nc3)c2n1. The number of pyridine rings is 1. The van der Waals surface area contributed by atoms with Crippen LogP contribution < -0.4 is 17.0 Å². The Bertz CT molecular complexity index is 889. The molecule has 3 heterocycles. The molecule has 0 bridgehead atoms. The standard InChI is InChI=1S/C14H16ClN6OP/c1-2-5-23-13-19-11(16)10-12(20-13)21(14(22)18-10)7-8-3-4-9(15)17-6-8/h3-4,6,23H,2,5,7H2,1H3,(H,18,22)(H2,16,19,20). The number of hydrogen-bond donors (Lipinski definition) is 2. The first-order valence-corrected chi connectivity index (χ1v) is 8.77. The molecular formula is C14H16ClN6OP. The molecule has 0 aromatic carbocycles. The number of rotatable bonds is 5. The molecule has 3 aromatic rings. The summed E-state index contributed by atoms with van der Waals surface area (Å²) >= 11 is 5.79. The van der Waals surface area contributed by atoms with Gasteiger partial charge < -0.3 is 10.7 Å². The number of aromatic nitrogens is 5. The molecule has 0 saturated heterocycles. The maximum atomic E-state index is 12.2. The number of nitrogen functional groups attached to an aromatic ring is 1. The van der Waals surface area contributed by atoms with Crippen molar-refractivity contribution in [3.05, 3.63) is 39.5 Å². The lowest BCUT2D eigenvalue weighted by Crippen LogP contribution is -2.19. The Morgan fingerprint density at radius 3 is 2.91 bits per heavy atom. The zero-order valence-corrected chi connectivity index (χ0v) is 14.3. The molecule has 0 saturated carbocycles. The molecular weight excluding hydrogens is 335 g/mol. The van der Waals surface area contributed by atoms with Gasteiger partial charge in [0.1, 0.15) is 10.7 Å². The van der Waals surface area contributed by atoms with Crippen molar-refractivity contribution in [2.75, 3.05) is 11.9 Å². The van der Waals surface area contributed by atoms with Crippen LogP contribution in [0.3, 0.4) is 0 Å². The third kappa shape index (κ3) is 3.35. The average Bonchev–Trinajstić information content (AvgIpc) is 2.84. The summed E-state index contributed by atoms with van der Waals surface area (Å²) in [6.45, 7) is 2.45. The summed E-state index contributed by atoms with van der Waals surface area (Å²) in [4.78, 5) is 27.8. The van der Waals surface area contributed by atoms with Gasteiger partial charge in [-0.25, -0.2) is 19.7 Å². The van der Waals surface area contributed by atoms with Crippen LogP contribution in [0.1, 0.15) is 18.9 Å². The zero-order chi connectivity index (χ0) is 16.4. The number of nitrogens with two attached hydrogens (primary N) is 1. The van der Waals surface area contributed by atoms with Crippen molar-refractivity contribution >= 4 is 42.7 Å². The van der Waals surface area contributed by atoms with Gasteiger partial charge in [0.15, 0.2) is 17.0 Å². The van der Waals surface area contributed by atoms with Crippen LogP contribution in [0.2, 0.25) is 5.15 Å². The molecule has 7 nitrogen and oxygen atoms in total. The van der Waals surface area contributed by atoms with Crippen LogP contribution in [0, 0.1) is 0 Å². The van der Waals surface area contributed by atoms with Gasteiger partial charge in [0.05, 0.1) is 6.54 Å². The first kappa shape index (κ1) is 15.9. The zero-order valence-electron chi connectivity index (χ0n) is 12.5. The second-order valence-corrected chi connectivity index (χ2v) is 6.75. The van der Waals surface area contributed by atoms with Crippen LogP contribution in [0.25, 0.3) is 11.2 Å². The first-order chi connectivity index (χ1) is 11.1. The van der Waals surface area contributed by atoms with Crippen molar-refractivity contribution in [2.45, 2.75) is 19.9 Å². The largest absolute Gasteiger partial charge is 0.382 e. The van der Waals surface area contributed by atoms with Crippen LogP contribution in [0.4, 0.5) is 5.82 Å². The van der Waals surface area contributed by atoms with E-state index < -0.39 is 0 Å². The van der Waals surface area contributed by atoms with Crippen LogP contribution >= 0.6 is 20.2 Å². The lowest BCUT2D eigenvalue weighted by atomic mass is 10.3. The van der Waals surface area contributed by atoms with Gasteiger partial charge in [-0.05, 0) is 26.4 Å². The number of halogens is 1. The number of nitrogens with one attached hydrogen (secondary N) is 1. The van der Waals surface area contributed by atoms with Crippen molar-refractivity contribution < 1.29 is 0 Å². The Balaban J connectivity index is 2.04. The number of nitrogens with zero attached hydrogens (tertiary/aromatic N) is 4. The number of anilines is 1. The van der Waals surface area contributed by atoms with Crippen molar-refractivity contribution in [2.24, 2.45) is 0 Å². The van der Waals surface area contributed by atoms with Crippen LogP contribution in [0.5, 0.6) is 0 Å². The first-order valence-electron chi connectivity index (χ1n) is 7.19. The molecule has 3 aromatic heterocycles. The van der Waals surface area contributed by atoms with Crippen LogP contribution in [-0.2, 0) is 6.54 Å². The van der Waals surface area contributed by atoms with Gasteiger partial charge in [-0.3, -0.25) is 4.57 Å². The van der Waals surface area contributed by atoms with Gasteiger partial charge in [-0.1, -0.05) is 31.0 Å². The highest BCUT2D eigenvalue weighted by molar-refractivity contribution is 7.46. The Labute approximate surface area is 139 Å². The normalized spacial score (nSPS) is 11.7. The summed E-state index contributed by atoms with van der Waals surface area (Å²) in [7, 11) is 0.475. The molecule has 1 unspecified atom stereocenters. The van der Waals surface area contributed by atoms with Crippen LogP contribution in [0.15, 0.2) is 23.1 Å². The van der Waals surface area contributed by atoms with Gasteiger partial charge in [-0.15, -0.1) is 0 Å². The summed E-state index contributed by atoms with van der Waals surface area (Å²) in [5, 5.41) is 0.412. The fraction of sp³-hybridized carbons (Fsp3) is 0.286. The minimum absolute atomic E-state index is 0.271. The molecule has 0 aliphatic carbocycles. The second kappa shape index (κ2) is 6.64. The fourth-order valence-electron chi connectivity index (χ4n) is 2.20. The average molecular weight is 351 g/mol. The Morgan fingerprint density at radius 2 is 2.22 bits per heavy atom. The molecule has 23 heavy (non-hydrogen) atoms. The summed E-state index contributed by atoms with van der Waals surface area (Å²) in [6, 6.07) is 3.51. The van der Waals surface area contributed by atoms with E-state index in [4.69, 9.17) is 17.3 Å². The summed E-state index contributed by atoms with van der Waals surface area (Å²) in [6.07, 6.45) is 3.69. The lowest BCUT2D eigenvalue weighted by Gasteiger charge is -2.05. The van der Waals surface area contributed by atoms with E-state index >= 15 is 0 Å². The molecule has 0 fully saturated rings. The highest BCUT2D eigenvalue weighted by Gasteiger charge is 2.14. The Morgan fingerprint density at radius 1 is 1.39 bits per heavy atom. The fourth-order valence-corrected chi connectivity index (χ4v) is 3.17. The van der Waals surface area contributed by atoms with E-state index in [0.29, 0.717) is 42.8 Å². The maximum absolute atomic E-state index is 12.2. The molecule has 9 heteroatoms. The van der Waals surface area contributed by atoms with E-state index in [9.17, 15) is 4.79 Å². The highest BCUT2D eigenvalue weighted by atomic mass is 35.5. The number of hydrogen-bond acceptors (Lipinski definition) is 5. The van der Waals surface area contributed by atoms with Gasteiger partial charge >= 0.3 is 5.69 Å². The predicted molar refractivity (Wildman–Crippen MR) is 94.0 cm³/mol. The summed E-state index contributed by atoms with van der Waals surface area (Å²) in [5.74, 6) is 0.304. The molecule has 0 spiro atoms. The van der Waals surface area contributed by atoms with Crippen molar-refractivity contribution in [3.63, 3.8) is 0 Å². The van der Waals surface area contributed by atoms with Crippen molar-refractivity contribution in [3.8, 4) is 0 Å². The number of H-pyrrole nitrogens is 1. The van der Waals surface area contributed by atoms with Gasteiger partial charge in [-0.2, -0.15) is 0 Å². The van der Waals surface area contributed by atoms with E-state index in [0.717, 1.165) is 18.1 Å². The van der Waals surface area contributed by atoms with E-state index in [1.165, 1.54) is 4.57 Å². The summed E-state index contributed by atoms with van der Waals surface area (Å²) < 4.78 is 1.54. The molecule has 0 aliphatic rings. The van der Waals surface area contributed by atoms with Crippen LogP contribution in [-0.4, -0.2) is 30.7 Å². The van der Waals surface area contributed by atoms with Gasteiger partial charge in [0.25, 0.3) is 0 Å². The number of fused-ring (bicyclic) bond motifs is 1. The summed E-state index contributed by atoms with van der Waals surface area (Å²) in [5.41, 5.74) is 8.22. The monoisotopic (exact) mass is 350 g/mol. The van der Waals surface area contributed by atoms with E-state index in [1.807, 2.05) is 6.07 Å². The minimum Gasteiger partial charge on any atom is -0.382 e. The topological polar surface area (TPSA) is 102 Å². The number of aromatic amines is 1. The maximum Gasteiger partial charge on any atom is 0.328 e. The minimum atomic E-state index is -0.271. The van der Waals surface area contributed by atoms with E-state index in [2.05, 4.69) is 26.9 Å². The van der Waals surface area contributed by atoms with Gasteiger partial charge in [0.2, 0.25) is 0 Å². The molecule has 1 atom stereocenters. The highest BCUT2D eigenvalue weighted by Crippen LogP contribution is 2.17. The Hall–Kier alpha value is -1.98. The van der Waals surface area contributed by atoms with Crippen molar-refractivity contribution in [1.29, 1.82) is 0 Å². The molecule has 0 aliphatic heterocycles. The predicted octanol–water partition coefficient (Wildman–Crippen LogP) is 1.51. The van der Waals surface area contributed by atoms with Crippen molar-refractivity contribution in [1.82, 2.24) is 24.5 Å². The number of imidazole rings is 1. The third-order valence-corrected chi connectivity index (χ3v) is 4.83. The van der Waals surface area contributed by atoms with E-state index in [-0.39, 0.29) is 5.69 Å². The smallest absolute Gasteiger partial charge is 0.328 e. The second-order valence-electron chi connectivity index (χ2n) is 5.06. The van der Waals surface area contributed by atoms with Gasteiger partial charge in [0, 0.05) is 6.20 Å². The molecule has 0 radical (unpaired) electrons. The van der Waals surface area contributed by atoms with E-state index in [1.54, 1.807) is 12.3 Å². The lowest BCUT2D eigenvalue weighted by molar-refractivity contribution is 0.775. The third-order valence-electron chi connectivity index (χ3n) is 3.31. The molecule has 3 N–H and O–H groups in total. The Kier molecular flexibility index (Phi) is 4.59. The molecule has 120 valence electrons. The molecule has 3 rings (SSSR count). The quantitative estimate of drug-likeness (QED) is 0.536. The molecule has 0 amide bonds.